The van der Waals surface area contributed by atoms with E-state index in [0.717, 1.165) is 60.7 Å². The van der Waals surface area contributed by atoms with Crippen molar-refractivity contribution in [2.45, 2.75) is 77.2 Å². The molecule has 2 saturated heterocycles. The Morgan fingerprint density at radius 1 is 1.00 bits per heavy atom. The molecular weight excluding hydrogens is 564 g/mol. The van der Waals surface area contributed by atoms with Crippen molar-refractivity contribution in [2.24, 2.45) is 11.8 Å². The first kappa shape index (κ1) is 30.5. The molecule has 0 radical (unpaired) electrons. The second-order valence-corrected chi connectivity index (χ2v) is 12.9. The van der Waals surface area contributed by atoms with Gasteiger partial charge in [0.15, 0.2) is 0 Å². The molecule has 3 aromatic rings. The third-order valence-electron chi connectivity index (χ3n) is 9.81. The van der Waals surface area contributed by atoms with Crippen molar-refractivity contribution < 1.29 is 23.1 Å². The number of carbonyl (C=O) groups is 2. The van der Waals surface area contributed by atoms with E-state index in [-0.39, 0.29) is 38.0 Å². The third-order valence-corrected chi connectivity index (χ3v) is 9.81. The summed E-state index contributed by atoms with van der Waals surface area (Å²) in [7, 11) is 1.58. The summed E-state index contributed by atoms with van der Waals surface area (Å²) in [5.74, 6) is -2.22. The van der Waals surface area contributed by atoms with Crippen LogP contribution in [0, 0.1) is 18.8 Å². The molecule has 0 atom stereocenters. The number of urea groups is 1. The van der Waals surface area contributed by atoms with Gasteiger partial charge in [-0.1, -0.05) is 31.4 Å². The van der Waals surface area contributed by atoms with Gasteiger partial charge < -0.3 is 4.74 Å². The lowest BCUT2D eigenvalue weighted by atomic mass is 9.84. The van der Waals surface area contributed by atoms with Gasteiger partial charge >= 0.3 is 6.03 Å². The number of hydrogen-bond donors (Lipinski definition) is 0. The summed E-state index contributed by atoms with van der Waals surface area (Å²) in [6, 6.07) is 9.48. The quantitative estimate of drug-likeness (QED) is 0.279. The van der Waals surface area contributed by atoms with Crippen LogP contribution in [0.4, 0.5) is 19.3 Å². The van der Waals surface area contributed by atoms with E-state index in [1.807, 2.05) is 42.3 Å². The van der Waals surface area contributed by atoms with E-state index in [1.165, 1.54) is 4.90 Å². The Morgan fingerprint density at radius 2 is 1.77 bits per heavy atom. The van der Waals surface area contributed by atoms with E-state index < -0.39 is 11.8 Å². The van der Waals surface area contributed by atoms with Crippen molar-refractivity contribution in [3.63, 3.8) is 0 Å². The molecule has 4 heterocycles. The van der Waals surface area contributed by atoms with Crippen LogP contribution in [0.2, 0.25) is 0 Å². The van der Waals surface area contributed by atoms with Crippen molar-refractivity contribution in [3.05, 3.63) is 59.4 Å². The molecule has 1 saturated carbocycles. The fourth-order valence-corrected chi connectivity index (χ4v) is 7.20. The zero-order chi connectivity index (χ0) is 30.8. The van der Waals surface area contributed by atoms with Gasteiger partial charge in [-0.25, -0.2) is 18.1 Å². The number of likely N-dealkylation sites (tertiary alicyclic amines) is 1. The normalized spacial score (nSPS) is 19.7. The lowest BCUT2D eigenvalue weighted by Gasteiger charge is -2.37. The smallest absolute Gasteiger partial charge is 0.331 e. The minimum atomic E-state index is -2.60. The van der Waals surface area contributed by atoms with E-state index in [9.17, 15) is 18.4 Å². The van der Waals surface area contributed by atoms with Crippen LogP contribution in [0.3, 0.4) is 0 Å². The molecular formula is C34H43F2N5O3. The minimum Gasteiger partial charge on any atom is -0.496 e. The van der Waals surface area contributed by atoms with Gasteiger partial charge in [0.1, 0.15) is 5.75 Å². The number of ether oxygens (including phenoxy) is 1. The Balaban J connectivity index is 1.11. The molecule has 0 bridgehead atoms. The van der Waals surface area contributed by atoms with Gasteiger partial charge in [-0.2, -0.15) is 5.10 Å². The number of pyridine rings is 1. The molecule has 44 heavy (non-hydrogen) atoms. The first-order chi connectivity index (χ1) is 21.2. The molecule has 1 aliphatic carbocycles. The molecule has 0 N–H and O–H groups in total. The van der Waals surface area contributed by atoms with Crippen LogP contribution in [0.1, 0.15) is 68.1 Å². The van der Waals surface area contributed by atoms with Gasteiger partial charge in [0, 0.05) is 30.6 Å². The first-order valence-corrected chi connectivity index (χ1v) is 16.0. The minimum absolute atomic E-state index is 0.115. The summed E-state index contributed by atoms with van der Waals surface area (Å²) in [5.41, 5.74) is 4.42. The highest BCUT2D eigenvalue weighted by Gasteiger charge is 2.42. The van der Waals surface area contributed by atoms with Crippen LogP contribution < -0.4 is 9.64 Å². The number of aromatic nitrogens is 2. The molecule has 0 unspecified atom stereocenters. The first-order valence-electron chi connectivity index (χ1n) is 16.0. The van der Waals surface area contributed by atoms with E-state index >= 15 is 0 Å². The fourth-order valence-electron chi connectivity index (χ4n) is 7.20. The predicted molar refractivity (Wildman–Crippen MR) is 165 cm³/mol. The monoisotopic (exact) mass is 607 g/mol. The summed E-state index contributed by atoms with van der Waals surface area (Å²) in [6.45, 7) is 3.67. The molecule has 8 nitrogen and oxygen atoms in total. The van der Waals surface area contributed by atoms with Crippen LogP contribution >= 0.6 is 0 Å². The van der Waals surface area contributed by atoms with Crippen LogP contribution in [0.5, 0.6) is 5.75 Å². The largest absolute Gasteiger partial charge is 0.496 e. The highest BCUT2D eigenvalue weighted by atomic mass is 19.3. The lowest BCUT2D eigenvalue weighted by Crippen LogP contribution is -2.52. The SMILES string of the molecule is COc1cc(C)ccc1CN1C(=O)CCN(c2cnn3ccc(CC4CCN(CC(F)(F)C5CCCCC5)CC4)cc23)C1=O. The zero-order valence-corrected chi connectivity index (χ0v) is 25.8. The molecule has 6 rings (SSSR count). The number of aryl methyl sites for hydroxylation is 1. The van der Waals surface area contributed by atoms with Crippen LogP contribution in [-0.4, -0.2) is 70.6 Å². The van der Waals surface area contributed by atoms with Gasteiger partial charge in [0.25, 0.3) is 5.92 Å². The molecule has 3 fully saturated rings. The van der Waals surface area contributed by atoms with Gasteiger partial charge in [-0.15, -0.1) is 0 Å². The van der Waals surface area contributed by atoms with Gasteiger partial charge in [-0.05, 0) is 87.4 Å². The molecule has 3 aliphatic rings. The fraction of sp³-hybridized carbons (Fsp3) is 0.559. The molecule has 10 heteroatoms. The van der Waals surface area contributed by atoms with E-state index in [1.54, 1.807) is 22.7 Å². The standard InChI is InChI=1S/C34H43F2N5O3/c1-24-8-9-27(31(18-24)44-2)22-40-32(42)13-16-39(33(40)43)30-21-37-41-17-12-26(20-29(30)41)19-25-10-14-38(15-11-25)23-34(35,36)28-6-4-3-5-7-28/h8-9,12,17-18,20-21,25,28H,3-7,10-11,13-16,19,22-23H2,1-2H3. The van der Waals surface area contributed by atoms with Crippen molar-refractivity contribution in [3.8, 4) is 5.75 Å². The maximum atomic E-state index is 15.0. The molecule has 1 aromatic carbocycles. The number of hydrogen-bond acceptors (Lipinski definition) is 5. The second kappa shape index (κ2) is 12.8. The Bertz CT molecular complexity index is 1490. The summed E-state index contributed by atoms with van der Waals surface area (Å²) in [6.07, 6.45) is 10.7. The Kier molecular flexibility index (Phi) is 8.89. The van der Waals surface area contributed by atoms with Gasteiger partial charge in [0.05, 0.1) is 37.6 Å². The summed E-state index contributed by atoms with van der Waals surface area (Å²) in [4.78, 5) is 31.4. The maximum Gasteiger partial charge on any atom is 0.331 e. The van der Waals surface area contributed by atoms with Crippen molar-refractivity contribution in [1.82, 2.24) is 19.4 Å². The maximum absolute atomic E-state index is 15.0. The molecule has 2 aromatic heterocycles. The number of anilines is 1. The van der Waals surface area contributed by atoms with E-state index in [0.29, 0.717) is 43.3 Å². The molecule has 236 valence electrons. The topological polar surface area (TPSA) is 70.4 Å². The predicted octanol–water partition coefficient (Wildman–Crippen LogP) is 6.48. The highest BCUT2D eigenvalue weighted by molar-refractivity contribution is 6.07. The summed E-state index contributed by atoms with van der Waals surface area (Å²) in [5, 5.41) is 4.49. The number of alkyl halides is 2. The van der Waals surface area contributed by atoms with Crippen molar-refractivity contribution in [2.75, 3.05) is 38.2 Å². The second-order valence-electron chi connectivity index (χ2n) is 12.9. The van der Waals surface area contributed by atoms with Crippen LogP contribution in [0.15, 0.2) is 42.7 Å². The summed E-state index contributed by atoms with van der Waals surface area (Å²) < 4.78 is 37.2. The number of nitrogens with zero attached hydrogens (tertiary/aromatic N) is 5. The van der Waals surface area contributed by atoms with Crippen molar-refractivity contribution >= 4 is 23.1 Å². The van der Waals surface area contributed by atoms with E-state index in [2.05, 4.69) is 11.2 Å². The number of halogens is 2. The van der Waals surface area contributed by atoms with Gasteiger partial charge in [-0.3, -0.25) is 19.5 Å². The highest BCUT2D eigenvalue weighted by Crippen LogP contribution is 2.38. The Hall–Kier alpha value is -3.53. The average Bonchev–Trinajstić information content (AvgIpc) is 3.44. The third kappa shape index (κ3) is 6.46. The van der Waals surface area contributed by atoms with Crippen LogP contribution in [0.25, 0.3) is 5.52 Å². The van der Waals surface area contributed by atoms with Crippen LogP contribution in [-0.2, 0) is 17.8 Å². The Labute approximate surface area is 257 Å². The zero-order valence-electron chi connectivity index (χ0n) is 25.8. The molecule has 0 spiro atoms. The number of benzene rings is 1. The molecule has 2 aliphatic heterocycles. The number of methoxy groups -OCH3 is 1. The summed E-state index contributed by atoms with van der Waals surface area (Å²) >= 11 is 0. The molecule has 3 amide bonds. The number of carbonyl (C=O) groups excluding carboxylic acids is 2. The number of imide groups is 1. The number of fused-ring (bicyclic) bond motifs is 1. The Morgan fingerprint density at radius 3 is 2.52 bits per heavy atom. The van der Waals surface area contributed by atoms with Gasteiger partial charge in [0.2, 0.25) is 5.91 Å². The van der Waals surface area contributed by atoms with Crippen molar-refractivity contribution in [1.29, 1.82) is 0 Å². The van der Waals surface area contributed by atoms with E-state index in [4.69, 9.17) is 4.74 Å². The number of amides is 3. The number of piperidine rings is 1. The lowest BCUT2D eigenvalue weighted by molar-refractivity contribution is -0.129. The number of rotatable bonds is 9. The average molecular weight is 608 g/mol.